The van der Waals surface area contributed by atoms with Crippen LogP contribution in [-0.2, 0) is 7.05 Å². The van der Waals surface area contributed by atoms with Crippen LogP contribution in [-0.4, -0.2) is 15.6 Å². The molecule has 1 aromatic heterocycles. The van der Waals surface area contributed by atoms with Gasteiger partial charge in [0.1, 0.15) is 5.56 Å². The van der Waals surface area contributed by atoms with E-state index in [4.69, 9.17) is 5.26 Å². The normalized spacial score (nSPS) is 10.1. The van der Waals surface area contributed by atoms with Gasteiger partial charge in [-0.25, -0.2) is 0 Å². The molecule has 0 unspecified atom stereocenters. The Morgan fingerprint density at radius 3 is 2.39 bits per heavy atom. The number of aromatic nitrogens is 2. The highest BCUT2D eigenvalue weighted by molar-refractivity contribution is 6.09. The summed E-state index contributed by atoms with van der Waals surface area (Å²) in [5.74, 6) is -0.334. The molecule has 0 spiro atoms. The molecule has 0 fully saturated rings. The van der Waals surface area contributed by atoms with Crippen molar-refractivity contribution in [3.8, 4) is 6.07 Å². The van der Waals surface area contributed by atoms with E-state index in [1.165, 1.54) is 4.68 Å². The Morgan fingerprint density at radius 2 is 1.94 bits per heavy atom. The van der Waals surface area contributed by atoms with E-state index in [0.29, 0.717) is 16.8 Å². The van der Waals surface area contributed by atoms with Crippen molar-refractivity contribution in [3.05, 3.63) is 57.0 Å². The Morgan fingerprint density at radius 1 is 1.33 bits per heavy atom. The summed E-state index contributed by atoms with van der Waals surface area (Å²) in [5.41, 5.74) is 1.21. The SMILES string of the molecule is Cc1[nH]n(C)c(=O)c1C(=O)c1ccc(C#N)cc1. The van der Waals surface area contributed by atoms with Crippen molar-refractivity contribution in [1.82, 2.24) is 9.78 Å². The maximum atomic E-state index is 12.2. The molecule has 2 aromatic rings. The number of aryl methyl sites for hydroxylation is 2. The standard InChI is InChI=1S/C13H11N3O2/c1-8-11(13(18)16(2)15-8)12(17)10-5-3-9(7-14)4-6-10/h3-6,15H,1-2H3. The number of aromatic amines is 1. The summed E-state index contributed by atoms with van der Waals surface area (Å²) in [7, 11) is 1.56. The molecule has 0 saturated heterocycles. The van der Waals surface area contributed by atoms with Crippen LogP contribution in [0.2, 0.25) is 0 Å². The summed E-state index contributed by atoms with van der Waals surface area (Å²) >= 11 is 0. The molecule has 0 amide bonds. The Kier molecular flexibility index (Phi) is 2.86. The van der Waals surface area contributed by atoms with Gasteiger partial charge in [0.25, 0.3) is 5.56 Å². The first-order valence-electron chi connectivity index (χ1n) is 5.35. The highest BCUT2D eigenvalue weighted by Crippen LogP contribution is 2.10. The van der Waals surface area contributed by atoms with Crippen LogP contribution in [0.1, 0.15) is 27.2 Å². The number of hydrogen-bond donors (Lipinski definition) is 1. The number of hydrogen-bond acceptors (Lipinski definition) is 3. The molecule has 0 bridgehead atoms. The van der Waals surface area contributed by atoms with E-state index in [2.05, 4.69) is 5.10 Å². The topological polar surface area (TPSA) is 78.7 Å². The highest BCUT2D eigenvalue weighted by atomic mass is 16.2. The molecule has 18 heavy (non-hydrogen) atoms. The van der Waals surface area contributed by atoms with Crippen LogP contribution in [0.5, 0.6) is 0 Å². The summed E-state index contributed by atoms with van der Waals surface area (Å²) in [5, 5.41) is 11.5. The molecule has 0 saturated carbocycles. The molecule has 1 N–H and O–H groups in total. The molecule has 5 nitrogen and oxygen atoms in total. The Balaban J connectivity index is 2.48. The van der Waals surface area contributed by atoms with Gasteiger partial charge in [-0.05, 0) is 31.2 Å². The van der Waals surface area contributed by atoms with Crippen LogP contribution in [0.3, 0.4) is 0 Å². The number of nitrogens with one attached hydrogen (secondary N) is 1. The van der Waals surface area contributed by atoms with Crippen LogP contribution in [0, 0.1) is 18.3 Å². The molecule has 0 radical (unpaired) electrons. The Bertz CT molecular complexity index is 699. The second-order valence-electron chi connectivity index (χ2n) is 3.99. The zero-order chi connectivity index (χ0) is 13.3. The van der Waals surface area contributed by atoms with Crippen LogP contribution < -0.4 is 5.56 Å². The van der Waals surface area contributed by atoms with E-state index in [-0.39, 0.29) is 16.9 Å². The minimum Gasteiger partial charge on any atom is -0.299 e. The van der Waals surface area contributed by atoms with Crippen LogP contribution in [0.4, 0.5) is 0 Å². The monoisotopic (exact) mass is 241 g/mol. The van der Waals surface area contributed by atoms with E-state index in [9.17, 15) is 9.59 Å². The lowest BCUT2D eigenvalue weighted by Crippen LogP contribution is -2.19. The minimum absolute atomic E-state index is 0.141. The maximum Gasteiger partial charge on any atom is 0.277 e. The molecule has 1 aromatic carbocycles. The number of H-pyrrole nitrogens is 1. The summed E-state index contributed by atoms with van der Waals surface area (Å²) in [6.45, 7) is 1.68. The number of nitriles is 1. The van der Waals surface area contributed by atoms with E-state index in [1.54, 1.807) is 38.2 Å². The zero-order valence-corrected chi connectivity index (χ0v) is 10.0. The predicted octanol–water partition coefficient (Wildman–Crippen LogP) is 1.12. The van der Waals surface area contributed by atoms with E-state index >= 15 is 0 Å². The number of rotatable bonds is 2. The molecule has 2 rings (SSSR count). The average molecular weight is 241 g/mol. The van der Waals surface area contributed by atoms with E-state index in [1.807, 2.05) is 6.07 Å². The first kappa shape index (κ1) is 11.9. The largest absolute Gasteiger partial charge is 0.299 e. The third kappa shape index (κ3) is 1.84. The van der Waals surface area contributed by atoms with Crippen molar-refractivity contribution in [2.45, 2.75) is 6.92 Å². The summed E-state index contributed by atoms with van der Waals surface area (Å²) in [6, 6.07) is 8.18. The van der Waals surface area contributed by atoms with E-state index in [0.717, 1.165) is 0 Å². The van der Waals surface area contributed by atoms with Gasteiger partial charge in [-0.15, -0.1) is 0 Å². The Labute approximate surface area is 103 Å². The highest BCUT2D eigenvalue weighted by Gasteiger charge is 2.18. The van der Waals surface area contributed by atoms with Crippen LogP contribution in [0.25, 0.3) is 0 Å². The van der Waals surface area contributed by atoms with Gasteiger partial charge < -0.3 is 0 Å². The van der Waals surface area contributed by atoms with Crippen molar-refractivity contribution in [1.29, 1.82) is 5.26 Å². The molecule has 0 aliphatic heterocycles. The van der Waals surface area contributed by atoms with Gasteiger partial charge in [-0.3, -0.25) is 19.4 Å². The number of carbonyl (C=O) groups is 1. The third-order valence-electron chi connectivity index (χ3n) is 2.73. The molecule has 90 valence electrons. The van der Waals surface area contributed by atoms with Gasteiger partial charge in [0.15, 0.2) is 5.78 Å². The van der Waals surface area contributed by atoms with Gasteiger partial charge >= 0.3 is 0 Å². The van der Waals surface area contributed by atoms with Crippen LogP contribution in [0.15, 0.2) is 29.1 Å². The lowest BCUT2D eigenvalue weighted by molar-refractivity contribution is 0.103. The summed E-state index contributed by atoms with van der Waals surface area (Å²) in [6.07, 6.45) is 0. The fraction of sp³-hybridized carbons (Fsp3) is 0.154. The van der Waals surface area contributed by atoms with Gasteiger partial charge in [0.05, 0.1) is 11.6 Å². The summed E-state index contributed by atoms with van der Waals surface area (Å²) < 4.78 is 1.27. The van der Waals surface area contributed by atoms with Gasteiger partial charge in [0.2, 0.25) is 0 Å². The second kappa shape index (κ2) is 4.34. The molecule has 0 aliphatic rings. The van der Waals surface area contributed by atoms with Crippen molar-refractivity contribution < 1.29 is 4.79 Å². The minimum atomic E-state index is -0.346. The van der Waals surface area contributed by atoms with Crippen molar-refractivity contribution in [2.24, 2.45) is 7.05 Å². The first-order valence-corrected chi connectivity index (χ1v) is 5.35. The fourth-order valence-electron chi connectivity index (χ4n) is 1.79. The molecular weight excluding hydrogens is 230 g/mol. The third-order valence-corrected chi connectivity index (χ3v) is 2.73. The average Bonchev–Trinajstić information content (AvgIpc) is 2.63. The molecule has 5 heteroatoms. The second-order valence-corrected chi connectivity index (χ2v) is 3.99. The number of carbonyl (C=O) groups excluding carboxylic acids is 1. The van der Waals surface area contributed by atoms with Gasteiger partial charge in [0, 0.05) is 18.3 Å². The molecule has 1 heterocycles. The molecule has 0 aliphatic carbocycles. The molecular formula is C13H11N3O2. The van der Waals surface area contributed by atoms with E-state index < -0.39 is 0 Å². The lowest BCUT2D eigenvalue weighted by Gasteiger charge is -1.98. The first-order chi connectivity index (χ1) is 8.54. The van der Waals surface area contributed by atoms with Crippen LogP contribution >= 0.6 is 0 Å². The quantitative estimate of drug-likeness (QED) is 0.800. The van der Waals surface area contributed by atoms with Crippen molar-refractivity contribution in [3.63, 3.8) is 0 Å². The Hall–Kier alpha value is -2.61. The van der Waals surface area contributed by atoms with Crippen molar-refractivity contribution >= 4 is 5.78 Å². The number of benzene rings is 1. The smallest absolute Gasteiger partial charge is 0.277 e. The number of ketones is 1. The zero-order valence-electron chi connectivity index (χ0n) is 10.0. The van der Waals surface area contributed by atoms with Gasteiger partial charge in [-0.2, -0.15) is 5.26 Å². The predicted molar refractivity (Wildman–Crippen MR) is 65.4 cm³/mol. The molecule has 0 atom stereocenters. The van der Waals surface area contributed by atoms with Gasteiger partial charge in [-0.1, -0.05) is 0 Å². The van der Waals surface area contributed by atoms with Crippen molar-refractivity contribution in [2.75, 3.05) is 0 Å². The lowest BCUT2D eigenvalue weighted by atomic mass is 10.0. The fourth-order valence-corrected chi connectivity index (χ4v) is 1.79. The summed E-state index contributed by atoms with van der Waals surface area (Å²) in [4.78, 5) is 24.0. The number of nitrogens with zero attached hydrogens (tertiary/aromatic N) is 2. The maximum absolute atomic E-state index is 12.2.